The molecule has 0 atom stereocenters. The molecule has 0 spiro atoms. The summed E-state index contributed by atoms with van der Waals surface area (Å²) >= 11 is 0. The van der Waals surface area contributed by atoms with Crippen LogP contribution in [-0.4, -0.2) is 47.6 Å². The second kappa shape index (κ2) is 5.83. The summed E-state index contributed by atoms with van der Waals surface area (Å²) in [5.74, 6) is -0.791. The van der Waals surface area contributed by atoms with Crippen molar-refractivity contribution in [3.8, 4) is 0 Å². The molecule has 1 aromatic heterocycles. The molecule has 1 aromatic rings. The summed E-state index contributed by atoms with van der Waals surface area (Å²) in [5, 5.41) is 6.22. The van der Waals surface area contributed by atoms with Crippen LogP contribution in [0.25, 0.3) is 0 Å². The van der Waals surface area contributed by atoms with Crippen LogP contribution in [0.4, 0.5) is 0 Å². The van der Waals surface area contributed by atoms with Gasteiger partial charge in [-0.3, -0.25) is 9.89 Å². The maximum atomic E-state index is 11.6. The van der Waals surface area contributed by atoms with Gasteiger partial charge in [-0.25, -0.2) is 4.79 Å². The van der Waals surface area contributed by atoms with Crippen molar-refractivity contribution in [2.75, 3.05) is 20.7 Å². The summed E-state index contributed by atoms with van der Waals surface area (Å²) < 4.78 is 4.77. The number of carbonyl (C=O) groups is 2. The fraction of sp³-hybridized carbons (Fsp3) is 0.364. The number of ether oxygens (including phenoxy) is 1. The fourth-order valence-electron chi connectivity index (χ4n) is 1.06. The minimum absolute atomic E-state index is 0.174. The molecule has 0 fully saturated rings. The lowest BCUT2D eigenvalue weighted by molar-refractivity contribution is 0.0519. The zero-order valence-corrected chi connectivity index (χ0v) is 10.1. The highest BCUT2D eigenvalue weighted by Crippen LogP contribution is 2.03. The van der Waals surface area contributed by atoms with Crippen LogP contribution in [0.3, 0.4) is 0 Å². The largest absolute Gasteiger partial charge is 0.461 e. The summed E-state index contributed by atoms with van der Waals surface area (Å²) in [4.78, 5) is 24.6. The number of carbonyl (C=O) groups excluding carboxylic acids is 2. The highest BCUT2D eigenvalue weighted by Gasteiger charge is 2.13. The minimum Gasteiger partial charge on any atom is -0.461 e. The van der Waals surface area contributed by atoms with Crippen LogP contribution >= 0.6 is 0 Å². The molecule has 0 bridgehead atoms. The zero-order valence-electron chi connectivity index (χ0n) is 10.1. The van der Waals surface area contributed by atoms with Crippen molar-refractivity contribution in [1.29, 1.82) is 0 Å². The van der Waals surface area contributed by atoms with Crippen molar-refractivity contribution < 1.29 is 14.3 Å². The SMILES string of the molecule is CCOC(=O)c1cc(C(=O)/C=C\N(C)C)n[nH]1. The van der Waals surface area contributed by atoms with E-state index in [1.807, 2.05) is 0 Å². The number of ketones is 1. The normalized spacial score (nSPS) is 10.5. The number of esters is 1. The molecule has 0 aliphatic heterocycles. The Bertz CT molecular complexity index is 435. The van der Waals surface area contributed by atoms with Gasteiger partial charge in [0.1, 0.15) is 11.4 Å². The van der Waals surface area contributed by atoms with Crippen molar-refractivity contribution in [3.63, 3.8) is 0 Å². The highest BCUT2D eigenvalue weighted by molar-refractivity contribution is 6.04. The number of allylic oxidation sites excluding steroid dienone is 1. The lowest BCUT2D eigenvalue weighted by Crippen LogP contribution is -2.04. The monoisotopic (exact) mass is 237 g/mol. The lowest BCUT2D eigenvalue weighted by Gasteiger charge is -2.01. The van der Waals surface area contributed by atoms with E-state index in [1.165, 1.54) is 12.1 Å². The van der Waals surface area contributed by atoms with Crippen molar-refractivity contribution in [3.05, 3.63) is 29.7 Å². The predicted octanol–water partition coefficient (Wildman–Crippen LogP) is 0.844. The van der Waals surface area contributed by atoms with Gasteiger partial charge in [-0.15, -0.1) is 0 Å². The summed E-state index contributed by atoms with van der Waals surface area (Å²) in [5.41, 5.74) is 0.361. The average Bonchev–Trinajstić information content (AvgIpc) is 2.75. The zero-order chi connectivity index (χ0) is 12.8. The molecule has 1 heterocycles. The number of aromatic amines is 1. The first-order chi connectivity index (χ1) is 8.04. The van der Waals surface area contributed by atoms with E-state index in [9.17, 15) is 9.59 Å². The highest BCUT2D eigenvalue weighted by atomic mass is 16.5. The molecule has 6 heteroatoms. The first-order valence-electron chi connectivity index (χ1n) is 5.16. The molecule has 17 heavy (non-hydrogen) atoms. The minimum atomic E-state index is -0.518. The Morgan fingerprint density at radius 2 is 2.24 bits per heavy atom. The van der Waals surface area contributed by atoms with Gasteiger partial charge in [0, 0.05) is 32.4 Å². The van der Waals surface area contributed by atoms with Crippen LogP contribution < -0.4 is 0 Å². The number of hydrogen-bond donors (Lipinski definition) is 1. The van der Waals surface area contributed by atoms with Gasteiger partial charge in [0.15, 0.2) is 0 Å². The summed E-state index contributed by atoms with van der Waals surface area (Å²) in [6.07, 6.45) is 2.99. The number of rotatable bonds is 5. The van der Waals surface area contributed by atoms with Gasteiger partial charge in [0.25, 0.3) is 0 Å². The van der Waals surface area contributed by atoms with Gasteiger partial charge in [-0.1, -0.05) is 0 Å². The molecule has 1 N–H and O–H groups in total. The molecule has 0 radical (unpaired) electrons. The van der Waals surface area contributed by atoms with E-state index in [2.05, 4.69) is 10.2 Å². The number of nitrogens with one attached hydrogen (secondary N) is 1. The molecule has 0 amide bonds. The Kier molecular flexibility index (Phi) is 4.45. The summed E-state index contributed by atoms with van der Waals surface area (Å²) in [6.45, 7) is 1.99. The van der Waals surface area contributed by atoms with Crippen molar-refractivity contribution in [1.82, 2.24) is 15.1 Å². The molecule has 1 rings (SSSR count). The lowest BCUT2D eigenvalue weighted by atomic mass is 10.2. The van der Waals surface area contributed by atoms with Crippen LogP contribution in [0.5, 0.6) is 0 Å². The molecule has 0 aromatic carbocycles. The van der Waals surface area contributed by atoms with E-state index in [0.717, 1.165) is 0 Å². The molecular formula is C11H15N3O3. The maximum Gasteiger partial charge on any atom is 0.356 e. The fourth-order valence-corrected chi connectivity index (χ4v) is 1.06. The predicted molar refractivity (Wildman–Crippen MR) is 61.7 cm³/mol. The second-order valence-electron chi connectivity index (χ2n) is 3.53. The van der Waals surface area contributed by atoms with Gasteiger partial charge < -0.3 is 9.64 Å². The summed E-state index contributed by atoms with van der Waals surface area (Å²) in [6, 6.07) is 1.38. The van der Waals surface area contributed by atoms with Crippen molar-refractivity contribution >= 4 is 11.8 Å². The smallest absolute Gasteiger partial charge is 0.356 e. The van der Waals surface area contributed by atoms with Crippen LogP contribution in [0, 0.1) is 0 Å². The molecule has 0 aliphatic rings. The van der Waals surface area contributed by atoms with E-state index >= 15 is 0 Å². The Balaban J connectivity index is 2.74. The number of hydrogen-bond acceptors (Lipinski definition) is 5. The summed E-state index contributed by atoms with van der Waals surface area (Å²) in [7, 11) is 3.61. The molecule has 6 nitrogen and oxygen atoms in total. The molecule has 92 valence electrons. The number of nitrogens with zero attached hydrogens (tertiary/aromatic N) is 2. The number of H-pyrrole nitrogens is 1. The standard InChI is InChI=1S/C11H15N3O3/c1-4-17-11(16)9-7-8(12-13-9)10(15)5-6-14(2)3/h5-7H,4H2,1-3H3,(H,12,13)/b6-5-. The van der Waals surface area contributed by atoms with E-state index in [0.29, 0.717) is 0 Å². The van der Waals surface area contributed by atoms with Gasteiger partial charge in [0.2, 0.25) is 5.78 Å². The Morgan fingerprint density at radius 1 is 1.53 bits per heavy atom. The van der Waals surface area contributed by atoms with Gasteiger partial charge in [-0.2, -0.15) is 5.10 Å². The quantitative estimate of drug-likeness (QED) is 0.466. The van der Waals surface area contributed by atoms with Gasteiger partial charge in [0.05, 0.1) is 6.61 Å². The molecule has 0 saturated heterocycles. The molecule has 0 aliphatic carbocycles. The number of aromatic nitrogens is 2. The van der Waals surface area contributed by atoms with E-state index in [4.69, 9.17) is 4.74 Å². The maximum absolute atomic E-state index is 11.6. The van der Waals surface area contributed by atoms with Gasteiger partial charge >= 0.3 is 5.97 Å². The molecular weight excluding hydrogens is 222 g/mol. The Hall–Kier alpha value is -2.11. The first kappa shape index (κ1) is 13.0. The Morgan fingerprint density at radius 3 is 2.82 bits per heavy atom. The van der Waals surface area contributed by atoms with Crippen LogP contribution in [0.1, 0.15) is 27.9 Å². The molecule has 0 saturated carbocycles. The Labute approximate surface area is 99.3 Å². The average molecular weight is 237 g/mol. The van der Waals surface area contributed by atoms with Crippen LogP contribution in [0.15, 0.2) is 18.3 Å². The third kappa shape index (κ3) is 3.75. The van der Waals surface area contributed by atoms with E-state index < -0.39 is 5.97 Å². The first-order valence-corrected chi connectivity index (χ1v) is 5.16. The van der Waals surface area contributed by atoms with Crippen LogP contribution in [0.2, 0.25) is 0 Å². The second-order valence-corrected chi connectivity index (χ2v) is 3.53. The third-order valence-corrected chi connectivity index (χ3v) is 1.85. The van der Waals surface area contributed by atoms with Crippen molar-refractivity contribution in [2.24, 2.45) is 0 Å². The topological polar surface area (TPSA) is 75.3 Å². The van der Waals surface area contributed by atoms with Crippen LogP contribution in [-0.2, 0) is 4.74 Å². The third-order valence-electron chi connectivity index (χ3n) is 1.85. The van der Waals surface area contributed by atoms with E-state index in [-0.39, 0.29) is 23.8 Å². The molecule has 0 unspecified atom stereocenters. The van der Waals surface area contributed by atoms with Crippen molar-refractivity contribution in [2.45, 2.75) is 6.92 Å². The van der Waals surface area contributed by atoms with E-state index in [1.54, 1.807) is 32.1 Å². The van der Waals surface area contributed by atoms with Gasteiger partial charge in [-0.05, 0) is 6.92 Å².